The minimum Gasteiger partial charge on any atom is -0.464 e. The quantitative estimate of drug-likeness (QED) is 0.264. The minimum absolute atomic E-state index is 0.0315. The van der Waals surface area contributed by atoms with E-state index in [4.69, 9.17) is 13.3 Å². The summed E-state index contributed by atoms with van der Waals surface area (Å²) in [7, 11) is 0. The molecular formula is C30H34N2O3. The summed E-state index contributed by atoms with van der Waals surface area (Å²) in [5.74, 6) is 2.14. The number of rotatable bonds is 4. The third-order valence-corrected chi connectivity index (χ3v) is 6.62. The second-order valence-corrected chi connectivity index (χ2v) is 12.3. The molecule has 182 valence electrons. The Hall–Kier alpha value is -3.34. The fraction of sp³-hybridized carbons (Fsp3) is 0.400. The van der Waals surface area contributed by atoms with Gasteiger partial charge in [-0.25, -0.2) is 0 Å². The molecule has 3 aromatic heterocycles. The van der Waals surface area contributed by atoms with Crippen molar-refractivity contribution >= 4 is 21.9 Å². The van der Waals surface area contributed by atoms with E-state index in [2.05, 4.69) is 95.9 Å². The van der Waals surface area contributed by atoms with E-state index in [1.54, 1.807) is 0 Å². The van der Waals surface area contributed by atoms with Crippen LogP contribution in [-0.4, -0.2) is 10.2 Å². The standard InChI is InChI=1S/C30H34N2O3/c1-28(2,3)24-15-18-10-9-11-20(25(18)34-24)16-30(7,8)22-17-33-23-14-19(12-13-21(22)23)26-31-32-27(35-26)29(4,5)6/h9-15,17H,16H2,1-8H3. The van der Waals surface area contributed by atoms with Crippen LogP contribution in [0.5, 0.6) is 0 Å². The summed E-state index contributed by atoms with van der Waals surface area (Å²) in [6.07, 6.45) is 2.71. The Kier molecular flexibility index (Phi) is 5.24. The van der Waals surface area contributed by atoms with Gasteiger partial charge in [-0.2, -0.15) is 0 Å². The number of nitrogens with zero attached hydrogens (tertiary/aromatic N) is 2. The average molecular weight is 471 g/mol. The van der Waals surface area contributed by atoms with E-state index in [0.29, 0.717) is 11.8 Å². The van der Waals surface area contributed by atoms with Gasteiger partial charge in [-0.1, -0.05) is 79.7 Å². The van der Waals surface area contributed by atoms with Crippen molar-refractivity contribution < 1.29 is 13.3 Å². The van der Waals surface area contributed by atoms with Crippen molar-refractivity contribution in [3.8, 4) is 11.5 Å². The van der Waals surface area contributed by atoms with E-state index < -0.39 is 0 Å². The highest BCUT2D eigenvalue weighted by Gasteiger charge is 2.28. The molecule has 0 aliphatic carbocycles. The van der Waals surface area contributed by atoms with Crippen molar-refractivity contribution in [3.05, 3.63) is 71.5 Å². The van der Waals surface area contributed by atoms with Crippen LogP contribution in [0.25, 0.3) is 33.4 Å². The van der Waals surface area contributed by atoms with Gasteiger partial charge in [0.15, 0.2) is 0 Å². The number of fused-ring (bicyclic) bond motifs is 2. The van der Waals surface area contributed by atoms with E-state index >= 15 is 0 Å². The molecule has 5 aromatic rings. The molecule has 0 spiro atoms. The van der Waals surface area contributed by atoms with Gasteiger partial charge in [-0.15, -0.1) is 10.2 Å². The molecule has 0 atom stereocenters. The molecule has 5 nitrogen and oxygen atoms in total. The molecule has 3 heterocycles. The molecule has 35 heavy (non-hydrogen) atoms. The normalized spacial score (nSPS) is 13.3. The Morgan fingerprint density at radius 1 is 0.800 bits per heavy atom. The van der Waals surface area contributed by atoms with Gasteiger partial charge in [0.1, 0.15) is 16.9 Å². The Morgan fingerprint density at radius 2 is 1.57 bits per heavy atom. The van der Waals surface area contributed by atoms with Gasteiger partial charge in [-0.3, -0.25) is 0 Å². The van der Waals surface area contributed by atoms with Crippen molar-refractivity contribution in [2.24, 2.45) is 0 Å². The highest BCUT2D eigenvalue weighted by atomic mass is 16.4. The first-order chi connectivity index (χ1) is 16.3. The van der Waals surface area contributed by atoms with Gasteiger partial charge in [0, 0.05) is 32.7 Å². The van der Waals surface area contributed by atoms with Gasteiger partial charge in [0.2, 0.25) is 11.8 Å². The first kappa shape index (κ1) is 23.4. The first-order valence-electron chi connectivity index (χ1n) is 12.2. The lowest BCUT2D eigenvalue weighted by Gasteiger charge is -2.24. The van der Waals surface area contributed by atoms with E-state index in [-0.39, 0.29) is 16.2 Å². The van der Waals surface area contributed by atoms with Crippen LogP contribution in [0.4, 0.5) is 0 Å². The van der Waals surface area contributed by atoms with Crippen molar-refractivity contribution in [2.45, 2.75) is 78.1 Å². The smallest absolute Gasteiger partial charge is 0.247 e. The SMILES string of the molecule is CC(C)(C)c1cc2cccc(CC(C)(C)c3coc4cc(-c5nnc(C(C)(C)C)o5)ccc34)c2o1. The molecule has 0 radical (unpaired) electrons. The van der Waals surface area contributed by atoms with Crippen LogP contribution >= 0.6 is 0 Å². The highest BCUT2D eigenvalue weighted by molar-refractivity contribution is 5.86. The van der Waals surface area contributed by atoms with E-state index in [1.807, 2.05) is 18.4 Å². The molecule has 2 aromatic carbocycles. The molecule has 0 amide bonds. The van der Waals surface area contributed by atoms with Crippen molar-refractivity contribution in [2.75, 3.05) is 0 Å². The molecule has 5 rings (SSSR count). The number of hydrogen-bond acceptors (Lipinski definition) is 5. The zero-order chi connectivity index (χ0) is 25.2. The summed E-state index contributed by atoms with van der Waals surface area (Å²) in [5.41, 5.74) is 4.62. The monoisotopic (exact) mass is 470 g/mol. The zero-order valence-corrected chi connectivity index (χ0v) is 21.9. The third kappa shape index (κ3) is 4.29. The molecule has 0 fully saturated rings. The van der Waals surface area contributed by atoms with Gasteiger partial charge in [-0.05, 0) is 35.6 Å². The second-order valence-electron chi connectivity index (χ2n) is 12.3. The Labute approximate surface area is 206 Å². The van der Waals surface area contributed by atoms with Crippen LogP contribution in [0.3, 0.4) is 0 Å². The third-order valence-electron chi connectivity index (χ3n) is 6.62. The van der Waals surface area contributed by atoms with Crippen LogP contribution in [0.15, 0.2) is 62.0 Å². The summed E-state index contributed by atoms with van der Waals surface area (Å²) < 4.78 is 18.3. The number of hydrogen-bond donors (Lipinski definition) is 0. The maximum absolute atomic E-state index is 6.36. The molecule has 5 heteroatoms. The van der Waals surface area contributed by atoms with Crippen LogP contribution in [-0.2, 0) is 22.7 Å². The lowest BCUT2D eigenvalue weighted by molar-refractivity contribution is 0.399. The van der Waals surface area contributed by atoms with Gasteiger partial charge in [0.25, 0.3) is 0 Å². The fourth-order valence-corrected chi connectivity index (χ4v) is 4.53. The summed E-state index contributed by atoms with van der Waals surface area (Å²) in [6.45, 7) is 17.2. The Bertz CT molecular complexity index is 1520. The molecule has 0 saturated carbocycles. The van der Waals surface area contributed by atoms with Crippen molar-refractivity contribution in [1.29, 1.82) is 0 Å². The van der Waals surface area contributed by atoms with Crippen LogP contribution in [0.1, 0.15) is 78.2 Å². The molecule has 0 aliphatic rings. The van der Waals surface area contributed by atoms with Crippen molar-refractivity contribution in [3.63, 3.8) is 0 Å². The second kappa shape index (κ2) is 7.84. The zero-order valence-electron chi connectivity index (χ0n) is 21.9. The maximum atomic E-state index is 6.36. The molecule has 0 bridgehead atoms. The lowest BCUT2D eigenvalue weighted by atomic mass is 9.79. The molecule has 0 unspecified atom stereocenters. The molecular weight excluding hydrogens is 436 g/mol. The first-order valence-corrected chi connectivity index (χ1v) is 12.2. The predicted octanol–water partition coefficient (Wildman–Crippen LogP) is 8.34. The summed E-state index contributed by atoms with van der Waals surface area (Å²) in [6, 6.07) is 14.7. The highest BCUT2D eigenvalue weighted by Crippen LogP contribution is 2.39. The summed E-state index contributed by atoms with van der Waals surface area (Å²) in [4.78, 5) is 0. The van der Waals surface area contributed by atoms with E-state index in [9.17, 15) is 0 Å². The van der Waals surface area contributed by atoms with Crippen LogP contribution in [0, 0.1) is 0 Å². The predicted molar refractivity (Wildman–Crippen MR) is 140 cm³/mol. The maximum Gasteiger partial charge on any atom is 0.247 e. The minimum atomic E-state index is -0.193. The van der Waals surface area contributed by atoms with Crippen LogP contribution < -0.4 is 0 Å². The van der Waals surface area contributed by atoms with E-state index in [0.717, 1.165) is 39.7 Å². The Balaban J connectivity index is 1.48. The molecule has 0 aliphatic heterocycles. The summed E-state index contributed by atoms with van der Waals surface area (Å²) >= 11 is 0. The number of benzene rings is 2. The lowest BCUT2D eigenvalue weighted by Crippen LogP contribution is -2.20. The Morgan fingerprint density at radius 3 is 2.26 bits per heavy atom. The average Bonchev–Trinajstić information content (AvgIpc) is 3.49. The number of aromatic nitrogens is 2. The molecule has 0 saturated heterocycles. The number of furan rings is 2. The fourth-order valence-electron chi connectivity index (χ4n) is 4.53. The van der Waals surface area contributed by atoms with Gasteiger partial charge >= 0.3 is 0 Å². The summed E-state index contributed by atoms with van der Waals surface area (Å²) in [5, 5.41) is 10.7. The molecule has 0 N–H and O–H groups in total. The largest absolute Gasteiger partial charge is 0.464 e. The van der Waals surface area contributed by atoms with Crippen molar-refractivity contribution in [1.82, 2.24) is 10.2 Å². The van der Waals surface area contributed by atoms with E-state index in [1.165, 1.54) is 11.1 Å². The van der Waals surface area contributed by atoms with Gasteiger partial charge in [0.05, 0.1) is 6.26 Å². The van der Waals surface area contributed by atoms with Crippen LogP contribution in [0.2, 0.25) is 0 Å². The topological polar surface area (TPSA) is 65.2 Å². The van der Waals surface area contributed by atoms with Gasteiger partial charge < -0.3 is 13.3 Å². The number of para-hydroxylation sites is 1.